The van der Waals surface area contributed by atoms with Gasteiger partial charge in [0.25, 0.3) is 0 Å². The topological polar surface area (TPSA) is 0 Å². The standard InChI is InChI=1S/C36H48/c1-32(2,3)22-13-15-25-26-16-14-23(33(4,5)6)18-28(26)31(27(25)17-22)36(12)21-35(10,11)29-19-24(20-30(29)36)34(7,8)9/h13-18,20,25H,19,21H2,1-12H3. The van der Waals surface area contributed by atoms with E-state index in [0.29, 0.717) is 5.92 Å². The predicted octanol–water partition coefficient (Wildman–Crippen LogP) is 10.5. The minimum absolute atomic E-state index is 0.0197. The number of benzene rings is 1. The van der Waals surface area contributed by atoms with Gasteiger partial charge in [-0.1, -0.05) is 137 Å². The van der Waals surface area contributed by atoms with Gasteiger partial charge < -0.3 is 0 Å². The Hall–Kier alpha value is -2.08. The summed E-state index contributed by atoms with van der Waals surface area (Å²) < 4.78 is 0. The van der Waals surface area contributed by atoms with Crippen LogP contribution in [0.5, 0.6) is 0 Å². The summed E-state index contributed by atoms with van der Waals surface area (Å²) in [7, 11) is 0. The highest BCUT2D eigenvalue weighted by Gasteiger charge is 2.53. The van der Waals surface area contributed by atoms with Crippen LogP contribution in [-0.4, -0.2) is 0 Å². The van der Waals surface area contributed by atoms with Crippen molar-refractivity contribution in [2.24, 2.45) is 21.7 Å². The molecule has 4 aliphatic rings. The molecule has 0 aromatic heterocycles. The number of rotatable bonds is 1. The molecule has 1 aromatic carbocycles. The van der Waals surface area contributed by atoms with Crippen LogP contribution in [0.4, 0.5) is 0 Å². The Labute approximate surface area is 221 Å². The van der Waals surface area contributed by atoms with Crippen LogP contribution in [0.15, 0.2) is 70.4 Å². The first-order valence-electron chi connectivity index (χ1n) is 14.1. The third-order valence-electron chi connectivity index (χ3n) is 9.53. The lowest BCUT2D eigenvalue weighted by Gasteiger charge is -2.35. The van der Waals surface area contributed by atoms with Crippen LogP contribution in [0.25, 0.3) is 5.57 Å². The van der Waals surface area contributed by atoms with Crippen molar-refractivity contribution >= 4 is 5.57 Å². The predicted molar refractivity (Wildman–Crippen MR) is 157 cm³/mol. The molecule has 0 saturated heterocycles. The van der Waals surface area contributed by atoms with Crippen molar-refractivity contribution in [3.05, 3.63) is 87.1 Å². The smallest absolute Gasteiger partial charge is 0.0282 e. The molecule has 1 aromatic rings. The van der Waals surface area contributed by atoms with Crippen LogP contribution in [0, 0.1) is 21.7 Å². The maximum Gasteiger partial charge on any atom is 0.0282 e. The molecule has 0 spiro atoms. The normalized spacial score (nSPS) is 27.3. The van der Waals surface area contributed by atoms with E-state index in [1.54, 1.807) is 27.9 Å². The van der Waals surface area contributed by atoms with Crippen LogP contribution >= 0.6 is 0 Å². The Morgan fingerprint density at radius 1 is 0.806 bits per heavy atom. The number of hydrogen-bond donors (Lipinski definition) is 0. The van der Waals surface area contributed by atoms with E-state index in [9.17, 15) is 0 Å². The molecule has 36 heavy (non-hydrogen) atoms. The van der Waals surface area contributed by atoms with E-state index in [0.717, 1.165) is 6.42 Å². The van der Waals surface area contributed by atoms with Crippen molar-refractivity contribution in [2.75, 3.05) is 0 Å². The van der Waals surface area contributed by atoms with E-state index in [4.69, 9.17) is 0 Å². The Morgan fingerprint density at radius 3 is 2.06 bits per heavy atom. The fourth-order valence-electron chi connectivity index (χ4n) is 7.34. The second kappa shape index (κ2) is 7.49. The summed E-state index contributed by atoms with van der Waals surface area (Å²) in [5, 5.41) is 0. The van der Waals surface area contributed by atoms with Gasteiger partial charge in [-0.05, 0) is 73.5 Å². The largest absolute Gasteiger partial charge is 0.0723 e. The molecule has 0 heterocycles. The zero-order valence-corrected chi connectivity index (χ0v) is 25.0. The molecule has 5 rings (SSSR count). The quantitative estimate of drug-likeness (QED) is 0.375. The van der Waals surface area contributed by atoms with Gasteiger partial charge in [0.2, 0.25) is 0 Å². The lowest BCUT2D eigenvalue weighted by molar-refractivity contribution is 0.345. The Balaban J connectivity index is 1.79. The van der Waals surface area contributed by atoms with Gasteiger partial charge in [0, 0.05) is 11.3 Å². The van der Waals surface area contributed by atoms with Crippen molar-refractivity contribution in [1.82, 2.24) is 0 Å². The molecule has 0 N–H and O–H groups in total. The molecule has 0 amide bonds. The van der Waals surface area contributed by atoms with Crippen LogP contribution in [0.3, 0.4) is 0 Å². The Morgan fingerprint density at radius 2 is 1.47 bits per heavy atom. The first-order valence-corrected chi connectivity index (χ1v) is 14.1. The Bertz CT molecular complexity index is 1290. The molecule has 0 heteroatoms. The van der Waals surface area contributed by atoms with E-state index < -0.39 is 0 Å². The van der Waals surface area contributed by atoms with Gasteiger partial charge in [-0.3, -0.25) is 0 Å². The first kappa shape index (κ1) is 25.6. The van der Waals surface area contributed by atoms with Crippen molar-refractivity contribution in [3.8, 4) is 0 Å². The Kier molecular flexibility index (Phi) is 5.32. The van der Waals surface area contributed by atoms with Gasteiger partial charge in [0.15, 0.2) is 0 Å². The van der Waals surface area contributed by atoms with Crippen molar-refractivity contribution in [1.29, 1.82) is 0 Å². The molecule has 0 nitrogen and oxygen atoms in total. The summed E-state index contributed by atoms with van der Waals surface area (Å²) in [6.45, 7) is 28.8. The fraction of sp³-hybridized carbons (Fsp3) is 0.556. The van der Waals surface area contributed by atoms with E-state index in [1.165, 1.54) is 28.7 Å². The van der Waals surface area contributed by atoms with E-state index in [1.807, 2.05) is 0 Å². The monoisotopic (exact) mass is 480 g/mol. The van der Waals surface area contributed by atoms with Crippen LogP contribution in [0.1, 0.15) is 119 Å². The minimum Gasteiger partial charge on any atom is -0.0723 e. The summed E-state index contributed by atoms with van der Waals surface area (Å²) in [4.78, 5) is 0. The van der Waals surface area contributed by atoms with Crippen molar-refractivity contribution in [2.45, 2.75) is 107 Å². The first-order chi connectivity index (χ1) is 16.3. The van der Waals surface area contributed by atoms with Gasteiger partial charge >= 0.3 is 0 Å². The number of allylic oxidation sites excluding steroid dienone is 10. The third kappa shape index (κ3) is 3.77. The fourth-order valence-corrected chi connectivity index (χ4v) is 7.34. The average Bonchev–Trinajstić information content (AvgIpc) is 3.36. The molecule has 4 aliphatic carbocycles. The second-order valence-corrected chi connectivity index (χ2v) is 16.0. The zero-order chi connectivity index (χ0) is 26.6. The molecule has 0 saturated carbocycles. The van der Waals surface area contributed by atoms with Gasteiger partial charge in [-0.2, -0.15) is 0 Å². The summed E-state index contributed by atoms with van der Waals surface area (Å²) >= 11 is 0. The molecular weight excluding hydrogens is 432 g/mol. The summed E-state index contributed by atoms with van der Waals surface area (Å²) in [6, 6.07) is 7.38. The molecule has 192 valence electrons. The molecule has 0 bridgehead atoms. The highest BCUT2D eigenvalue weighted by atomic mass is 14.6. The lowest BCUT2D eigenvalue weighted by atomic mass is 9.68. The molecule has 0 radical (unpaired) electrons. The molecular formula is C36H48. The third-order valence-corrected chi connectivity index (χ3v) is 9.53. The molecule has 2 atom stereocenters. The van der Waals surface area contributed by atoms with Crippen LogP contribution in [0.2, 0.25) is 0 Å². The van der Waals surface area contributed by atoms with Gasteiger partial charge in [-0.15, -0.1) is 0 Å². The van der Waals surface area contributed by atoms with Gasteiger partial charge in [-0.25, -0.2) is 0 Å². The zero-order valence-electron chi connectivity index (χ0n) is 25.0. The van der Waals surface area contributed by atoms with E-state index in [-0.39, 0.29) is 27.1 Å². The number of hydrogen-bond acceptors (Lipinski definition) is 0. The lowest BCUT2D eigenvalue weighted by Crippen LogP contribution is -2.23. The van der Waals surface area contributed by atoms with E-state index in [2.05, 4.69) is 126 Å². The summed E-state index contributed by atoms with van der Waals surface area (Å²) in [6.07, 6.45) is 12.4. The maximum atomic E-state index is 2.62. The van der Waals surface area contributed by atoms with Crippen LogP contribution < -0.4 is 0 Å². The van der Waals surface area contributed by atoms with Crippen molar-refractivity contribution < 1.29 is 0 Å². The minimum atomic E-state index is 0.0197. The summed E-state index contributed by atoms with van der Waals surface area (Å²) in [5.41, 5.74) is 14.7. The summed E-state index contributed by atoms with van der Waals surface area (Å²) in [5.74, 6) is 0.368. The second-order valence-electron chi connectivity index (χ2n) is 16.0. The molecule has 0 aliphatic heterocycles. The molecule has 2 unspecified atom stereocenters. The van der Waals surface area contributed by atoms with Gasteiger partial charge in [0.1, 0.15) is 0 Å². The van der Waals surface area contributed by atoms with Crippen LogP contribution in [-0.2, 0) is 5.41 Å². The van der Waals surface area contributed by atoms with E-state index >= 15 is 0 Å². The van der Waals surface area contributed by atoms with Crippen molar-refractivity contribution in [3.63, 3.8) is 0 Å². The highest BCUT2D eigenvalue weighted by Crippen LogP contribution is 2.67. The molecule has 0 fully saturated rings. The maximum absolute atomic E-state index is 2.62. The highest BCUT2D eigenvalue weighted by molar-refractivity contribution is 5.89. The van der Waals surface area contributed by atoms with Gasteiger partial charge in [0.05, 0.1) is 0 Å². The number of fused-ring (bicyclic) bond motifs is 3. The SMILES string of the molecule is CC(C)(C)C1=CC2=C(C3(C)CC(C)(C)C4=C3C=C(C(C)(C)C)C4)c3cc(C(C)(C)C)ccc3C2C=C1. The average molecular weight is 481 g/mol.